The average Bonchev–Trinajstić information content (AvgIpc) is 3.26. The highest BCUT2D eigenvalue weighted by Gasteiger charge is 2.21. The minimum atomic E-state index is -0.262. The summed E-state index contributed by atoms with van der Waals surface area (Å²) in [6.07, 6.45) is 3.69. The van der Waals surface area contributed by atoms with Gasteiger partial charge >= 0.3 is 0 Å². The van der Waals surface area contributed by atoms with E-state index in [2.05, 4.69) is 20.6 Å². The number of nitrogens with zero attached hydrogens (tertiary/aromatic N) is 2. The summed E-state index contributed by atoms with van der Waals surface area (Å²) in [6, 6.07) is 7.47. The molecule has 0 bridgehead atoms. The van der Waals surface area contributed by atoms with Crippen molar-refractivity contribution in [1.29, 1.82) is 0 Å². The van der Waals surface area contributed by atoms with Gasteiger partial charge < -0.3 is 10.6 Å². The van der Waals surface area contributed by atoms with Gasteiger partial charge in [-0.05, 0) is 43.5 Å². The van der Waals surface area contributed by atoms with Crippen molar-refractivity contribution in [2.45, 2.75) is 25.8 Å². The Morgan fingerprint density at radius 3 is 2.81 bits per heavy atom. The van der Waals surface area contributed by atoms with Crippen molar-refractivity contribution < 1.29 is 4.79 Å². The molecule has 1 aliphatic carbocycles. The number of amides is 1. The average molecular weight is 303 g/mol. The lowest BCUT2D eigenvalue weighted by Crippen LogP contribution is -2.15. The molecule has 1 aliphatic rings. The number of halogens is 1. The first kappa shape index (κ1) is 13.8. The Labute approximate surface area is 127 Å². The summed E-state index contributed by atoms with van der Waals surface area (Å²) in [4.78, 5) is 20.4. The molecule has 0 atom stereocenters. The molecule has 5 nitrogen and oxygen atoms in total. The van der Waals surface area contributed by atoms with Crippen molar-refractivity contribution in [2.75, 3.05) is 10.6 Å². The van der Waals surface area contributed by atoms with E-state index in [9.17, 15) is 4.79 Å². The van der Waals surface area contributed by atoms with Crippen molar-refractivity contribution in [3.8, 4) is 0 Å². The molecular weight excluding hydrogens is 288 g/mol. The fraction of sp³-hybridized carbons (Fsp3) is 0.267. The number of benzene rings is 1. The van der Waals surface area contributed by atoms with Crippen molar-refractivity contribution in [1.82, 2.24) is 9.97 Å². The molecule has 2 N–H and O–H groups in total. The van der Waals surface area contributed by atoms with E-state index in [1.54, 1.807) is 24.3 Å². The topological polar surface area (TPSA) is 66.9 Å². The van der Waals surface area contributed by atoms with Gasteiger partial charge in [0.15, 0.2) is 0 Å². The molecule has 21 heavy (non-hydrogen) atoms. The highest BCUT2D eigenvalue weighted by molar-refractivity contribution is 6.30. The van der Waals surface area contributed by atoms with Gasteiger partial charge in [0.1, 0.15) is 17.8 Å². The third-order valence-corrected chi connectivity index (χ3v) is 3.50. The monoisotopic (exact) mass is 302 g/mol. The molecule has 0 saturated heterocycles. The molecule has 1 amide bonds. The Kier molecular flexibility index (Phi) is 3.75. The van der Waals surface area contributed by atoms with Crippen molar-refractivity contribution >= 4 is 29.0 Å². The molecule has 0 aliphatic heterocycles. The number of nitrogens with one attached hydrogen (secondary N) is 2. The summed E-state index contributed by atoms with van der Waals surface area (Å²) in [6.45, 7) is 1.89. The van der Waals surface area contributed by atoms with Gasteiger partial charge in [0, 0.05) is 22.8 Å². The lowest BCUT2D eigenvalue weighted by Gasteiger charge is -2.09. The van der Waals surface area contributed by atoms with Crippen LogP contribution in [0.15, 0.2) is 30.6 Å². The predicted molar refractivity (Wildman–Crippen MR) is 82.8 cm³/mol. The van der Waals surface area contributed by atoms with Crippen LogP contribution in [0.1, 0.15) is 28.9 Å². The number of carbonyl (C=O) groups is 1. The zero-order valence-corrected chi connectivity index (χ0v) is 12.3. The SMILES string of the molecule is Cc1cc(Cl)ccc1NC(=O)c1cc(NC2CC2)ncn1. The highest BCUT2D eigenvalue weighted by Crippen LogP contribution is 2.24. The molecule has 1 aromatic heterocycles. The zero-order valence-electron chi connectivity index (χ0n) is 11.6. The summed E-state index contributed by atoms with van der Waals surface area (Å²) < 4.78 is 0. The minimum absolute atomic E-state index is 0.262. The smallest absolute Gasteiger partial charge is 0.274 e. The number of rotatable bonds is 4. The summed E-state index contributed by atoms with van der Waals surface area (Å²) in [7, 11) is 0. The van der Waals surface area contributed by atoms with Gasteiger partial charge in [-0.3, -0.25) is 4.79 Å². The van der Waals surface area contributed by atoms with E-state index < -0.39 is 0 Å². The van der Waals surface area contributed by atoms with Crippen LogP contribution >= 0.6 is 11.6 Å². The van der Waals surface area contributed by atoms with E-state index in [1.165, 1.54) is 6.33 Å². The zero-order chi connectivity index (χ0) is 14.8. The van der Waals surface area contributed by atoms with Gasteiger partial charge in [0.05, 0.1) is 0 Å². The molecule has 1 aromatic carbocycles. The van der Waals surface area contributed by atoms with E-state index in [1.807, 2.05) is 6.92 Å². The van der Waals surface area contributed by atoms with Crippen LogP contribution in [-0.4, -0.2) is 21.9 Å². The number of aromatic nitrogens is 2. The maximum atomic E-state index is 12.2. The maximum absolute atomic E-state index is 12.2. The molecular formula is C15H15ClN4O. The Morgan fingerprint density at radius 2 is 2.10 bits per heavy atom. The second-order valence-corrected chi connectivity index (χ2v) is 5.56. The first-order valence-electron chi connectivity index (χ1n) is 6.78. The lowest BCUT2D eigenvalue weighted by atomic mass is 10.2. The molecule has 0 spiro atoms. The Bertz CT molecular complexity index is 685. The molecule has 1 heterocycles. The molecule has 2 aromatic rings. The van der Waals surface area contributed by atoms with Crippen LogP contribution in [0.4, 0.5) is 11.5 Å². The normalized spacial score (nSPS) is 13.8. The van der Waals surface area contributed by atoms with Crippen LogP contribution in [0.25, 0.3) is 0 Å². The maximum Gasteiger partial charge on any atom is 0.274 e. The third kappa shape index (κ3) is 3.49. The third-order valence-electron chi connectivity index (χ3n) is 3.27. The first-order valence-corrected chi connectivity index (χ1v) is 7.16. The molecule has 0 unspecified atom stereocenters. The van der Waals surface area contributed by atoms with Gasteiger partial charge in [-0.25, -0.2) is 9.97 Å². The van der Waals surface area contributed by atoms with E-state index >= 15 is 0 Å². The molecule has 1 saturated carbocycles. The fourth-order valence-corrected chi connectivity index (χ4v) is 2.18. The van der Waals surface area contributed by atoms with Crippen LogP contribution in [-0.2, 0) is 0 Å². The summed E-state index contributed by atoms with van der Waals surface area (Å²) in [5, 5.41) is 6.72. The largest absolute Gasteiger partial charge is 0.367 e. The number of aryl methyl sites for hydroxylation is 1. The van der Waals surface area contributed by atoms with Crippen LogP contribution in [0, 0.1) is 6.92 Å². The predicted octanol–water partition coefficient (Wildman–Crippen LogP) is 3.27. The van der Waals surface area contributed by atoms with Crippen LogP contribution in [0.5, 0.6) is 0 Å². The van der Waals surface area contributed by atoms with Gasteiger partial charge in [0.2, 0.25) is 0 Å². The first-order chi connectivity index (χ1) is 10.1. The summed E-state index contributed by atoms with van der Waals surface area (Å²) in [5.74, 6) is 0.423. The standard InChI is InChI=1S/C15H15ClN4O/c1-9-6-10(16)2-5-12(9)20-15(21)13-7-14(18-8-17-13)19-11-3-4-11/h2,5-8,11H,3-4H2,1H3,(H,20,21)(H,17,18,19). The molecule has 3 rings (SSSR count). The van der Waals surface area contributed by atoms with E-state index in [0.717, 1.165) is 24.1 Å². The Balaban J connectivity index is 1.75. The molecule has 108 valence electrons. The highest BCUT2D eigenvalue weighted by atomic mass is 35.5. The number of carbonyl (C=O) groups excluding carboxylic acids is 1. The van der Waals surface area contributed by atoms with Gasteiger partial charge in [-0.2, -0.15) is 0 Å². The van der Waals surface area contributed by atoms with E-state index in [4.69, 9.17) is 11.6 Å². The number of anilines is 2. The lowest BCUT2D eigenvalue weighted by molar-refractivity contribution is 0.102. The van der Waals surface area contributed by atoms with Gasteiger partial charge in [-0.15, -0.1) is 0 Å². The minimum Gasteiger partial charge on any atom is -0.367 e. The second kappa shape index (κ2) is 5.69. The van der Waals surface area contributed by atoms with E-state index in [0.29, 0.717) is 22.6 Å². The number of hydrogen-bond acceptors (Lipinski definition) is 4. The number of hydrogen-bond donors (Lipinski definition) is 2. The fourth-order valence-electron chi connectivity index (χ4n) is 1.95. The molecule has 6 heteroatoms. The van der Waals surface area contributed by atoms with Crippen molar-refractivity contribution in [3.63, 3.8) is 0 Å². The van der Waals surface area contributed by atoms with Gasteiger partial charge in [-0.1, -0.05) is 11.6 Å². The van der Waals surface area contributed by atoms with Crippen LogP contribution in [0.2, 0.25) is 5.02 Å². The summed E-state index contributed by atoms with van der Waals surface area (Å²) in [5.41, 5.74) is 1.96. The Morgan fingerprint density at radius 1 is 1.29 bits per heavy atom. The van der Waals surface area contributed by atoms with Crippen LogP contribution < -0.4 is 10.6 Å². The second-order valence-electron chi connectivity index (χ2n) is 5.12. The van der Waals surface area contributed by atoms with Crippen molar-refractivity contribution in [3.05, 3.63) is 46.9 Å². The molecule has 1 fully saturated rings. The molecule has 0 radical (unpaired) electrons. The Hall–Kier alpha value is -2.14. The summed E-state index contributed by atoms with van der Waals surface area (Å²) >= 11 is 5.90. The van der Waals surface area contributed by atoms with Gasteiger partial charge in [0.25, 0.3) is 5.91 Å². The van der Waals surface area contributed by atoms with Crippen LogP contribution in [0.3, 0.4) is 0 Å². The van der Waals surface area contributed by atoms with E-state index in [-0.39, 0.29) is 5.91 Å². The quantitative estimate of drug-likeness (QED) is 0.909. The van der Waals surface area contributed by atoms with Crippen molar-refractivity contribution in [2.24, 2.45) is 0 Å².